The molecule has 0 unspecified atom stereocenters. The second kappa shape index (κ2) is 5.26. The molecular formula is C15H17FN2O. The number of pyridine rings is 1. The van der Waals surface area contributed by atoms with E-state index in [4.69, 9.17) is 10.5 Å². The van der Waals surface area contributed by atoms with Crippen molar-refractivity contribution in [2.24, 2.45) is 0 Å². The highest BCUT2D eigenvalue weighted by atomic mass is 19.1. The smallest absolute Gasteiger partial charge is 0.213 e. The first-order valence-corrected chi connectivity index (χ1v) is 6.13. The van der Waals surface area contributed by atoms with Gasteiger partial charge < -0.3 is 10.5 Å². The van der Waals surface area contributed by atoms with Crippen molar-refractivity contribution in [3.05, 3.63) is 41.8 Å². The fourth-order valence-electron chi connectivity index (χ4n) is 2.14. The van der Waals surface area contributed by atoms with E-state index in [0.717, 1.165) is 11.1 Å². The van der Waals surface area contributed by atoms with Crippen LogP contribution in [-0.4, -0.2) is 12.1 Å². The zero-order valence-corrected chi connectivity index (χ0v) is 11.3. The molecule has 0 radical (unpaired) electrons. The Bertz CT molecular complexity index is 597. The molecule has 0 saturated heterocycles. The summed E-state index contributed by atoms with van der Waals surface area (Å²) in [6.45, 7) is 3.84. The molecule has 0 amide bonds. The van der Waals surface area contributed by atoms with E-state index in [0.29, 0.717) is 17.1 Å². The number of ether oxygens (including phenoxy) is 1. The number of rotatable bonds is 3. The number of benzene rings is 1. The third-order valence-electron chi connectivity index (χ3n) is 3.07. The van der Waals surface area contributed by atoms with Crippen LogP contribution in [0.1, 0.15) is 25.3 Å². The lowest BCUT2D eigenvalue weighted by Crippen LogP contribution is -2.02. The fourth-order valence-corrected chi connectivity index (χ4v) is 2.14. The van der Waals surface area contributed by atoms with Gasteiger partial charge in [0.15, 0.2) is 0 Å². The van der Waals surface area contributed by atoms with Crippen LogP contribution in [0.3, 0.4) is 0 Å². The lowest BCUT2D eigenvalue weighted by Gasteiger charge is -2.15. The van der Waals surface area contributed by atoms with Gasteiger partial charge in [0.2, 0.25) is 5.88 Å². The highest BCUT2D eigenvalue weighted by Crippen LogP contribution is 2.34. The van der Waals surface area contributed by atoms with Crippen LogP contribution < -0.4 is 10.5 Å². The summed E-state index contributed by atoms with van der Waals surface area (Å²) in [5, 5.41) is 0. The first kappa shape index (κ1) is 13.3. The summed E-state index contributed by atoms with van der Waals surface area (Å²) in [5.74, 6) is 0.272. The van der Waals surface area contributed by atoms with Gasteiger partial charge in [-0.25, -0.2) is 9.37 Å². The van der Waals surface area contributed by atoms with Crippen LogP contribution in [0.2, 0.25) is 0 Å². The van der Waals surface area contributed by atoms with Gasteiger partial charge in [-0.15, -0.1) is 0 Å². The SMILES string of the molecule is COc1cc(-c2ccc(F)c(C(C)C)c2N)ccn1. The number of halogens is 1. The summed E-state index contributed by atoms with van der Waals surface area (Å²) in [6, 6.07) is 6.75. The van der Waals surface area contributed by atoms with Gasteiger partial charge in [0, 0.05) is 29.1 Å². The first-order chi connectivity index (χ1) is 9.04. The van der Waals surface area contributed by atoms with Crippen LogP contribution in [0, 0.1) is 5.82 Å². The molecule has 0 aliphatic heterocycles. The van der Waals surface area contributed by atoms with Gasteiger partial charge in [-0.2, -0.15) is 0 Å². The molecule has 2 rings (SSSR count). The molecule has 100 valence electrons. The maximum atomic E-state index is 13.8. The average Bonchev–Trinajstić information content (AvgIpc) is 2.38. The predicted molar refractivity (Wildman–Crippen MR) is 74.7 cm³/mol. The molecule has 0 atom stereocenters. The highest BCUT2D eigenvalue weighted by molar-refractivity contribution is 5.79. The summed E-state index contributed by atoms with van der Waals surface area (Å²) in [4.78, 5) is 4.05. The van der Waals surface area contributed by atoms with Crippen molar-refractivity contribution < 1.29 is 9.13 Å². The highest BCUT2D eigenvalue weighted by Gasteiger charge is 2.15. The van der Waals surface area contributed by atoms with Crippen LogP contribution in [0.5, 0.6) is 5.88 Å². The number of aromatic nitrogens is 1. The second-order valence-electron chi connectivity index (χ2n) is 4.66. The summed E-state index contributed by atoms with van der Waals surface area (Å²) >= 11 is 0. The average molecular weight is 260 g/mol. The summed E-state index contributed by atoms with van der Waals surface area (Å²) in [6.07, 6.45) is 1.64. The van der Waals surface area contributed by atoms with Crippen molar-refractivity contribution in [3.63, 3.8) is 0 Å². The Labute approximate surface area is 112 Å². The van der Waals surface area contributed by atoms with Crippen LogP contribution in [0.4, 0.5) is 10.1 Å². The molecule has 0 aliphatic carbocycles. The minimum absolute atomic E-state index is 0.0312. The normalized spacial score (nSPS) is 10.8. The van der Waals surface area contributed by atoms with E-state index in [1.807, 2.05) is 19.9 Å². The molecule has 19 heavy (non-hydrogen) atoms. The van der Waals surface area contributed by atoms with E-state index in [9.17, 15) is 4.39 Å². The number of anilines is 1. The molecule has 2 aromatic rings. The first-order valence-electron chi connectivity index (χ1n) is 6.13. The molecule has 0 spiro atoms. The third-order valence-corrected chi connectivity index (χ3v) is 3.07. The molecule has 1 aromatic carbocycles. The second-order valence-corrected chi connectivity index (χ2v) is 4.66. The monoisotopic (exact) mass is 260 g/mol. The number of nitrogen functional groups attached to an aromatic ring is 1. The Morgan fingerprint density at radius 3 is 2.63 bits per heavy atom. The number of hydrogen-bond donors (Lipinski definition) is 1. The van der Waals surface area contributed by atoms with Crippen LogP contribution in [0.15, 0.2) is 30.5 Å². The summed E-state index contributed by atoms with van der Waals surface area (Å²) < 4.78 is 18.9. The van der Waals surface area contributed by atoms with Crippen LogP contribution in [0.25, 0.3) is 11.1 Å². The maximum absolute atomic E-state index is 13.8. The largest absolute Gasteiger partial charge is 0.481 e. The van der Waals surface area contributed by atoms with Gasteiger partial charge in [0.25, 0.3) is 0 Å². The van der Waals surface area contributed by atoms with Gasteiger partial charge in [0.1, 0.15) is 5.82 Å². The van der Waals surface area contributed by atoms with Gasteiger partial charge in [-0.3, -0.25) is 0 Å². The molecule has 4 heteroatoms. The molecule has 0 bridgehead atoms. The van der Waals surface area contributed by atoms with E-state index >= 15 is 0 Å². The van der Waals surface area contributed by atoms with Crippen molar-refractivity contribution in [2.45, 2.75) is 19.8 Å². The predicted octanol–water partition coefficient (Wildman–Crippen LogP) is 3.60. The topological polar surface area (TPSA) is 48.1 Å². The van der Waals surface area contributed by atoms with Crippen molar-refractivity contribution in [1.29, 1.82) is 0 Å². The van der Waals surface area contributed by atoms with Crippen molar-refractivity contribution >= 4 is 5.69 Å². The van der Waals surface area contributed by atoms with Gasteiger partial charge in [-0.1, -0.05) is 13.8 Å². The van der Waals surface area contributed by atoms with E-state index in [1.54, 1.807) is 25.4 Å². The van der Waals surface area contributed by atoms with Crippen LogP contribution >= 0.6 is 0 Å². The number of nitrogens with two attached hydrogens (primary N) is 1. The minimum Gasteiger partial charge on any atom is -0.481 e. The minimum atomic E-state index is -0.266. The molecular weight excluding hydrogens is 243 g/mol. The van der Waals surface area contributed by atoms with Gasteiger partial charge in [-0.05, 0) is 29.7 Å². The van der Waals surface area contributed by atoms with Gasteiger partial charge >= 0.3 is 0 Å². The zero-order chi connectivity index (χ0) is 14.0. The molecule has 1 aromatic heterocycles. The Morgan fingerprint density at radius 2 is 2.00 bits per heavy atom. The van der Waals surface area contributed by atoms with Crippen molar-refractivity contribution in [2.75, 3.05) is 12.8 Å². The van der Waals surface area contributed by atoms with Crippen molar-refractivity contribution in [3.8, 4) is 17.0 Å². The lowest BCUT2D eigenvalue weighted by atomic mass is 9.94. The summed E-state index contributed by atoms with van der Waals surface area (Å²) in [5.41, 5.74) is 8.80. The fraction of sp³-hybridized carbons (Fsp3) is 0.267. The quantitative estimate of drug-likeness (QED) is 0.858. The number of nitrogens with zero attached hydrogens (tertiary/aromatic N) is 1. The van der Waals surface area contributed by atoms with E-state index in [-0.39, 0.29) is 11.7 Å². The van der Waals surface area contributed by atoms with Crippen LogP contribution in [-0.2, 0) is 0 Å². The van der Waals surface area contributed by atoms with Crippen molar-refractivity contribution in [1.82, 2.24) is 4.98 Å². The van der Waals surface area contributed by atoms with E-state index in [1.165, 1.54) is 6.07 Å². The number of hydrogen-bond acceptors (Lipinski definition) is 3. The van der Waals surface area contributed by atoms with Gasteiger partial charge in [0.05, 0.1) is 7.11 Å². The Hall–Kier alpha value is -2.10. The summed E-state index contributed by atoms with van der Waals surface area (Å²) in [7, 11) is 1.56. The zero-order valence-electron chi connectivity index (χ0n) is 11.3. The molecule has 0 saturated carbocycles. The van der Waals surface area contributed by atoms with E-state index in [2.05, 4.69) is 4.98 Å². The molecule has 1 heterocycles. The lowest BCUT2D eigenvalue weighted by molar-refractivity contribution is 0.398. The standard InChI is InChI=1S/C15H17FN2O/c1-9(2)14-12(16)5-4-11(15(14)17)10-6-7-18-13(8-10)19-3/h4-9H,17H2,1-3H3. The Balaban J connectivity index is 2.59. The Morgan fingerprint density at radius 1 is 1.26 bits per heavy atom. The molecule has 2 N–H and O–H groups in total. The maximum Gasteiger partial charge on any atom is 0.213 e. The molecule has 3 nitrogen and oxygen atoms in total. The third kappa shape index (κ3) is 2.52. The van der Waals surface area contributed by atoms with E-state index < -0.39 is 0 Å². The molecule has 0 fully saturated rings. The number of methoxy groups -OCH3 is 1. The molecule has 0 aliphatic rings. The Kier molecular flexibility index (Phi) is 3.69.